The van der Waals surface area contributed by atoms with Crippen LogP contribution in [-0.4, -0.2) is 11.7 Å². The summed E-state index contributed by atoms with van der Waals surface area (Å²) < 4.78 is 0. The Kier molecular flexibility index (Phi) is 1.92. The zero-order valence-corrected chi connectivity index (χ0v) is 9.10. The Morgan fingerprint density at radius 3 is 2.76 bits per heavy atom. The minimum absolute atomic E-state index is 0.0298. The third kappa shape index (κ3) is 1.38. The third-order valence-corrected chi connectivity index (χ3v) is 2.99. The van der Waals surface area contributed by atoms with E-state index in [1.54, 1.807) is 6.07 Å². The lowest BCUT2D eigenvalue weighted by molar-refractivity contribution is 0.100. The summed E-state index contributed by atoms with van der Waals surface area (Å²) in [6.45, 7) is 0. The van der Waals surface area contributed by atoms with Gasteiger partial charge in [0.15, 0.2) is 11.7 Å². The van der Waals surface area contributed by atoms with Crippen molar-refractivity contribution in [2.45, 2.75) is 6.42 Å². The second-order valence-corrected chi connectivity index (χ2v) is 4.11. The molecule has 17 heavy (non-hydrogen) atoms. The lowest BCUT2D eigenvalue weighted by Crippen LogP contribution is -2.22. The highest BCUT2D eigenvalue weighted by Gasteiger charge is 2.24. The molecule has 0 aliphatic heterocycles. The smallest absolute Gasteiger partial charge is 0.191 e. The Morgan fingerprint density at radius 2 is 2.00 bits per heavy atom. The van der Waals surface area contributed by atoms with Crippen molar-refractivity contribution >= 4 is 28.2 Å². The molecule has 4 nitrogen and oxygen atoms in total. The van der Waals surface area contributed by atoms with Crippen molar-refractivity contribution in [1.29, 1.82) is 0 Å². The number of guanidine groups is 1. The number of rotatable bonds is 1. The molecular weight excluding hydrogens is 214 g/mol. The highest BCUT2D eigenvalue weighted by Crippen LogP contribution is 2.36. The molecule has 1 aliphatic rings. The van der Waals surface area contributed by atoms with Crippen LogP contribution < -0.4 is 11.5 Å². The topological polar surface area (TPSA) is 81.5 Å². The van der Waals surface area contributed by atoms with E-state index in [2.05, 4.69) is 4.99 Å². The molecule has 2 aromatic carbocycles. The second-order valence-electron chi connectivity index (χ2n) is 4.11. The number of aliphatic imine (C=N–C) groups is 1. The summed E-state index contributed by atoms with van der Waals surface area (Å²) >= 11 is 0. The highest BCUT2D eigenvalue weighted by molar-refractivity contribution is 6.19. The van der Waals surface area contributed by atoms with E-state index in [4.69, 9.17) is 11.5 Å². The highest BCUT2D eigenvalue weighted by atomic mass is 16.1. The molecule has 0 unspecified atom stereocenters. The molecule has 4 N–H and O–H groups in total. The third-order valence-electron chi connectivity index (χ3n) is 2.99. The maximum atomic E-state index is 12.0. The molecule has 1 aliphatic carbocycles. The largest absolute Gasteiger partial charge is 0.370 e. The van der Waals surface area contributed by atoms with Crippen molar-refractivity contribution < 1.29 is 4.79 Å². The average Bonchev–Trinajstić information content (AvgIpc) is 2.61. The summed E-state index contributed by atoms with van der Waals surface area (Å²) in [6, 6.07) is 9.63. The molecule has 0 saturated carbocycles. The number of hydrogen-bond acceptors (Lipinski definition) is 2. The minimum atomic E-state index is -0.0298. The SMILES string of the molecule is NC(N)=Nc1ccc2cccc3c2c1C(=O)C3. The van der Waals surface area contributed by atoms with Gasteiger partial charge in [-0.3, -0.25) is 4.79 Å². The van der Waals surface area contributed by atoms with Crippen molar-refractivity contribution in [2.75, 3.05) is 0 Å². The average molecular weight is 225 g/mol. The predicted octanol–water partition coefficient (Wildman–Crippen LogP) is 1.48. The molecule has 0 fully saturated rings. The van der Waals surface area contributed by atoms with E-state index in [9.17, 15) is 4.79 Å². The Morgan fingerprint density at radius 1 is 1.18 bits per heavy atom. The Labute approximate surface area is 97.9 Å². The lowest BCUT2D eigenvalue weighted by atomic mass is 10.0. The van der Waals surface area contributed by atoms with Crippen molar-refractivity contribution in [3.05, 3.63) is 41.5 Å². The van der Waals surface area contributed by atoms with E-state index < -0.39 is 0 Å². The standard InChI is InChI=1S/C13H11N3O/c14-13(15)16-9-5-4-7-2-1-3-8-6-10(17)12(9)11(7)8/h1-5H,6H2,(H4,14,15,16). The summed E-state index contributed by atoms with van der Waals surface area (Å²) in [4.78, 5) is 16.0. The van der Waals surface area contributed by atoms with Crippen molar-refractivity contribution in [2.24, 2.45) is 16.5 Å². The van der Waals surface area contributed by atoms with E-state index >= 15 is 0 Å². The summed E-state index contributed by atoms with van der Waals surface area (Å²) in [7, 11) is 0. The fourth-order valence-electron chi connectivity index (χ4n) is 2.37. The van der Waals surface area contributed by atoms with Gasteiger partial charge in [0, 0.05) is 6.42 Å². The number of ketones is 1. The molecule has 0 radical (unpaired) electrons. The monoisotopic (exact) mass is 225 g/mol. The number of Topliss-reactive ketones (excluding diaryl/α,β-unsaturated/α-hetero) is 1. The lowest BCUT2D eigenvalue weighted by Gasteiger charge is -2.04. The zero-order valence-electron chi connectivity index (χ0n) is 9.10. The summed E-state index contributed by atoms with van der Waals surface area (Å²) in [5.41, 5.74) is 13.0. The molecule has 0 aromatic heterocycles. The van der Waals surface area contributed by atoms with Gasteiger partial charge in [0.2, 0.25) is 0 Å². The number of benzene rings is 2. The van der Waals surface area contributed by atoms with Crippen LogP contribution in [0.5, 0.6) is 0 Å². The first-order valence-corrected chi connectivity index (χ1v) is 5.34. The van der Waals surface area contributed by atoms with E-state index in [0.29, 0.717) is 17.7 Å². The first-order chi connectivity index (χ1) is 8.16. The first kappa shape index (κ1) is 9.84. The maximum Gasteiger partial charge on any atom is 0.191 e. The molecule has 4 heteroatoms. The van der Waals surface area contributed by atoms with Crippen LogP contribution in [0.3, 0.4) is 0 Å². The normalized spacial score (nSPS) is 13.1. The number of nitrogens with zero attached hydrogens (tertiary/aromatic N) is 1. The summed E-state index contributed by atoms with van der Waals surface area (Å²) in [5, 5.41) is 2.04. The van der Waals surface area contributed by atoms with Gasteiger partial charge in [0.25, 0.3) is 0 Å². The molecule has 0 spiro atoms. The van der Waals surface area contributed by atoms with Gasteiger partial charge < -0.3 is 11.5 Å². The quantitative estimate of drug-likeness (QED) is 0.569. The van der Waals surface area contributed by atoms with Crippen LogP contribution in [0.15, 0.2) is 35.3 Å². The number of hydrogen-bond donors (Lipinski definition) is 2. The molecule has 0 amide bonds. The van der Waals surface area contributed by atoms with Crippen LogP contribution in [0.4, 0.5) is 5.69 Å². The molecule has 0 atom stereocenters. The van der Waals surface area contributed by atoms with Crippen molar-refractivity contribution in [3.63, 3.8) is 0 Å². The van der Waals surface area contributed by atoms with E-state index in [1.165, 1.54) is 0 Å². The molecule has 84 valence electrons. The van der Waals surface area contributed by atoms with Gasteiger partial charge in [-0.05, 0) is 22.4 Å². The fraction of sp³-hybridized carbons (Fsp3) is 0.0769. The predicted molar refractivity (Wildman–Crippen MR) is 67.5 cm³/mol. The van der Waals surface area contributed by atoms with E-state index in [1.807, 2.05) is 24.3 Å². The van der Waals surface area contributed by atoms with Gasteiger partial charge in [-0.1, -0.05) is 24.3 Å². The molecule has 2 aromatic rings. The van der Waals surface area contributed by atoms with Gasteiger partial charge in [0.05, 0.1) is 11.3 Å². The second kappa shape index (κ2) is 3.31. The van der Waals surface area contributed by atoms with Crippen LogP contribution in [-0.2, 0) is 6.42 Å². The van der Waals surface area contributed by atoms with Crippen molar-refractivity contribution in [1.82, 2.24) is 0 Å². The molecule has 0 saturated heterocycles. The van der Waals surface area contributed by atoms with Gasteiger partial charge >= 0.3 is 0 Å². The molecular formula is C13H11N3O. The summed E-state index contributed by atoms with van der Waals surface area (Å²) in [5.74, 6) is 0.0505. The summed E-state index contributed by atoms with van der Waals surface area (Å²) in [6.07, 6.45) is 0.434. The Hall–Kier alpha value is -2.36. The zero-order chi connectivity index (χ0) is 12.0. The fourth-order valence-corrected chi connectivity index (χ4v) is 2.37. The van der Waals surface area contributed by atoms with E-state index in [0.717, 1.165) is 16.3 Å². The van der Waals surface area contributed by atoms with E-state index in [-0.39, 0.29) is 11.7 Å². The van der Waals surface area contributed by atoms with Gasteiger partial charge in [-0.25, -0.2) is 4.99 Å². The molecule has 3 rings (SSSR count). The van der Waals surface area contributed by atoms with Crippen LogP contribution in [0.2, 0.25) is 0 Å². The van der Waals surface area contributed by atoms with Crippen LogP contribution in [0, 0.1) is 0 Å². The van der Waals surface area contributed by atoms with Crippen molar-refractivity contribution in [3.8, 4) is 0 Å². The maximum absolute atomic E-state index is 12.0. The Balaban J connectivity index is 2.42. The number of carbonyl (C=O) groups excluding carboxylic acids is 1. The Bertz CT molecular complexity index is 670. The number of nitrogens with two attached hydrogens (primary N) is 2. The molecule has 0 heterocycles. The minimum Gasteiger partial charge on any atom is -0.370 e. The first-order valence-electron chi connectivity index (χ1n) is 5.34. The van der Waals surface area contributed by atoms with Crippen LogP contribution >= 0.6 is 0 Å². The van der Waals surface area contributed by atoms with Gasteiger partial charge in [-0.15, -0.1) is 0 Å². The molecule has 0 bridgehead atoms. The van der Waals surface area contributed by atoms with Gasteiger partial charge in [0.1, 0.15) is 0 Å². The van der Waals surface area contributed by atoms with Crippen LogP contribution in [0.25, 0.3) is 10.8 Å². The van der Waals surface area contributed by atoms with Gasteiger partial charge in [-0.2, -0.15) is 0 Å². The number of carbonyl (C=O) groups is 1. The van der Waals surface area contributed by atoms with Crippen LogP contribution in [0.1, 0.15) is 15.9 Å².